The van der Waals surface area contributed by atoms with Crippen molar-refractivity contribution in [3.63, 3.8) is 0 Å². The number of benzene rings is 1. The van der Waals surface area contributed by atoms with E-state index in [0.29, 0.717) is 17.9 Å². The molecule has 0 unspecified atom stereocenters. The van der Waals surface area contributed by atoms with E-state index in [1.165, 1.54) is 0 Å². The zero-order chi connectivity index (χ0) is 14.4. The maximum absolute atomic E-state index is 11.6. The van der Waals surface area contributed by atoms with E-state index >= 15 is 0 Å². The van der Waals surface area contributed by atoms with E-state index in [-0.39, 0.29) is 19.1 Å². The quantitative estimate of drug-likeness (QED) is 0.834. The predicted molar refractivity (Wildman–Crippen MR) is 74.8 cm³/mol. The highest BCUT2D eigenvalue weighted by atomic mass is 32.1. The van der Waals surface area contributed by atoms with Gasteiger partial charge in [-0.2, -0.15) is 8.75 Å². The SMILES string of the molecule is Cc1nsnc1COc1ccc(C(=O)NCCO)cc1. The Labute approximate surface area is 120 Å². The van der Waals surface area contributed by atoms with E-state index in [0.717, 1.165) is 23.1 Å². The van der Waals surface area contributed by atoms with Crippen LogP contribution in [0.5, 0.6) is 5.75 Å². The number of aliphatic hydroxyl groups excluding tert-OH is 1. The molecule has 0 aliphatic carbocycles. The molecule has 0 spiro atoms. The molecule has 1 amide bonds. The van der Waals surface area contributed by atoms with E-state index in [2.05, 4.69) is 14.1 Å². The molecule has 1 aromatic heterocycles. The summed E-state index contributed by atoms with van der Waals surface area (Å²) in [5, 5.41) is 11.2. The van der Waals surface area contributed by atoms with Crippen molar-refractivity contribution in [2.24, 2.45) is 0 Å². The van der Waals surface area contributed by atoms with Crippen molar-refractivity contribution in [3.05, 3.63) is 41.2 Å². The van der Waals surface area contributed by atoms with Crippen molar-refractivity contribution >= 4 is 17.6 Å². The molecule has 1 aromatic carbocycles. The third-order valence-electron chi connectivity index (χ3n) is 2.64. The van der Waals surface area contributed by atoms with Gasteiger partial charge in [-0.3, -0.25) is 4.79 Å². The number of carbonyl (C=O) groups is 1. The molecule has 7 heteroatoms. The van der Waals surface area contributed by atoms with Gasteiger partial charge in [0.2, 0.25) is 0 Å². The Bertz CT molecular complexity index is 568. The lowest BCUT2D eigenvalue weighted by atomic mass is 10.2. The Morgan fingerprint density at radius 1 is 1.35 bits per heavy atom. The minimum atomic E-state index is -0.217. The van der Waals surface area contributed by atoms with E-state index in [1.807, 2.05) is 6.92 Å². The number of aryl methyl sites for hydroxylation is 1. The molecule has 106 valence electrons. The lowest BCUT2D eigenvalue weighted by molar-refractivity contribution is 0.0944. The van der Waals surface area contributed by atoms with E-state index < -0.39 is 0 Å². The van der Waals surface area contributed by atoms with Crippen LogP contribution in [0, 0.1) is 6.92 Å². The second kappa shape index (κ2) is 6.97. The van der Waals surface area contributed by atoms with Gasteiger partial charge in [-0.25, -0.2) is 0 Å². The average Bonchev–Trinajstić information content (AvgIpc) is 2.88. The minimum Gasteiger partial charge on any atom is -0.487 e. The number of hydrogen-bond donors (Lipinski definition) is 2. The summed E-state index contributed by atoms with van der Waals surface area (Å²) in [5.41, 5.74) is 2.21. The van der Waals surface area contributed by atoms with Crippen LogP contribution in [0.1, 0.15) is 21.7 Å². The van der Waals surface area contributed by atoms with Crippen LogP contribution in [0.2, 0.25) is 0 Å². The number of hydrogen-bond acceptors (Lipinski definition) is 6. The van der Waals surface area contributed by atoms with Crippen LogP contribution in [0.25, 0.3) is 0 Å². The zero-order valence-corrected chi connectivity index (χ0v) is 11.8. The van der Waals surface area contributed by atoms with E-state index in [9.17, 15) is 4.79 Å². The van der Waals surface area contributed by atoms with Gasteiger partial charge in [0.15, 0.2) is 0 Å². The Morgan fingerprint density at radius 2 is 2.10 bits per heavy atom. The smallest absolute Gasteiger partial charge is 0.251 e. The summed E-state index contributed by atoms with van der Waals surface area (Å²) in [7, 11) is 0. The van der Waals surface area contributed by atoms with Crippen LogP contribution in [-0.4, -0.2) is 32.9 Å². The number of ether oxygens (including phenoxy) is 1. The molecule has 6 nitrogen and oxygen atoms in total. The van der Waals surface area contributed by atoms with Crippen LogP contribution >= 0.6 is 11.7 Å². The molecular weight excluding hydrogens is 278 g/mol. The third-order valence-corrected chi connectivity index (χ3v) is 3.29. The first kappa shape index (κ1) is 14.4. The lowest BCUT2D eigenvalue weighted by Gasteiger charge is -2.06. The molecule has 2 rings (SSSR count). The molecule has 0 saturated heterocycles. The largest absolute Gasteiger partial charge is 0.487 e. The zero-order valence-electron chi connectivity index (χ0n) is 11.0. The van der Waals surface area contributed by atoms with Gasteiger partial charge in [-0.1, -0.05) is 0 Å². The van der Waals surface area contributed by atoms with E-state index in [4.69, 9.17) is 9.84 Å². The van der Waals surface area contributed by atoms with Gasteiger partial charge >= 0.3 is 0 Å². The van der Waals surface area contributed by atoms with Crippen molar-refractivity contribution in [3.8, 4) is 5.75 Å². The highest BCUT2D eigenvalue weighted by molar-refractivity contribution is 6.99. The summed E-state index contributed by atoms with van der Waals surface area (Å²) in [4.78, 5) is 11.6. The van der Waals surface area contributed by atoms with Gasteiger partial charge in [-0.15, -0.1) is 0 Å². The molecule has 0 aliphatic rings. The van der Waals surface area contributed by atoms with Gasteiger partial charge in [-0.05, 0) is 31.2 Å². The number of aromatic nitrogens is 2. The summed E-state index contributed by atoms with van der Waals surface area (Å²) in [5.74, 6) is 0.446. The molecule has 0 saturated carbocycles. The van der Waals surface area contributed by atoms with Gasteiger partial charge < -0.3 is 15.2 Å². The molecule has 0 bridgehead atoms. The number of rotatable bonds is 6. The van der Waals surface area contributed by atoms with Gasteiger partial charge in [0.1, 0.15) is 18.1 Å². The maximum atomic E-state index is 11.6. The first-order valence-electron chi connectivity index (χ1n) is 6.10. The fourth-order valence-corrected chi connectivity index (χ4v) is 2.06. The number of aliphatic hydroxyl groups is 1. The number of nitrogens with zero attached hydrogens (tertiary/aromatic N) is 2. The van der Waals surface area contributed by atoms with E-state index in [1.54, 1.807) is 24.3 Å². The first-order valence-corrected chi connectivity index (χ1v) is 6.83. The first-order chi connectivity index (χ1) is 9.70. The second-order valence-electron chi connectivity index (χ2n) is 4.09. The second-order valence-corrected chi connectivity index (χ2v) is 4.62. The summed E-state index contributed by atoms with van der Waals surface area (Å²) in [6.45, 7) is 2.41. The van der Waals surface area contributed by atoms with Crippen molar-refractivity contribution in [1.29, 1.82) is 0 Å². The van der Waals surface area contributed by atoms with Crippen molar-refractivity contribution in [2.75, 3.05) is 13.2 Å². The molecule has 0 atom stereocenters. The fourth-order valence-electron chi connectivity index (χ4n) is 1.51. The van der Waals surface area contributed by atoms with Crippen molar-refractivity contribution < 1.29 is 14.6 Å². The van der Waals surface area contributed by atoms with Gasteiger partial charge in [0, 0.05) is 12.1 Å². The number of nitrogens with one attached hydrogen (secondary N) is 1. The Kier molecular flexibility index (Phi) is 5.03. The lowest BCUT2D eigenvalue weighted by Crippen LogP contribution is -2.26. The summed E-state index contributed by atoms with van der Waals surface area (Å²) in [6.07, 6.45) is 0. The Hall–Kier alpha value is -1.99. The van der Waals surface area contributed by atoms with Crippen LogP contribution in [-0.2, 0) is 6.61 Å². The van der Waals surface area contributed by atoms with Crippen LogP contribution in [0.3, 0.4) is 0 Å². The van der Waals surface area contributed by atoms with Gasteiger partial charge in [0.25, 0.3) is 5.91 Å². The van der Waals surface area contributed by atoms with Crippen molar-refractivity contribution in [2.45, 2.75) is 13.5 Å². The molecule has 20 heavy (non-hydrogen) atoms. The summed E-state index contributed by atoms with van der Waals surface area (Å²) < 4.78 is 13.8. The minimum absolute atomic E-state index is 0.0754. The molecule has 0 radical (unpaired) electrons. The summed E-state index contributed by atoms with van der Waals surface area (Å²) >= 11 is 1.16. The average molecular weight is 293 g/mol. The molecule has 0 aliphatic heterocycles. The topological polar surface area (TPSA) is 84.3 Å². The number of amides is 1. The van der Waals surface area contributed by atoms with Crippen LogP contribution in [0.4, 0.5) is 0 Å². The summed E-state index contributed by atoms with van der Waals surface area (Å²) in [6, 6.07) is 6.80. The highest BCUT2D eigenvalue weighted by Crippen LogP contribution is 2.15. The number of carbonyl (C=O) groups excluding carboxylic acids is 1. The monoisotopic (exact) mass is 293 g/mol. The molecule has 1 heterocycles. The normalized spacial score (nSPS) is 10.3. The maximum Gasteiger partial charge on any atom is 0.251 e. The molecular formula is C13H15N3O3S. The fraction of sp³-hybridized carbons (Fsp3) is 0.308. The predicted octanol–water partition coefficient (Wildman–Crippen LogP) is 1.15. The Balaban J connectivity index is 1.91. The highest BCUT2D eigenvalue weighted by Gasteiger charge is 2.06. The van der Waals surface area contributed by atoms with Crippen LogP contribution in [0.15, 0.2) is 24.3 Å². The molecule has 2 N–H and O–H groups in total. The Morgan fingerprint density at radius 3 is 2.70 bits per heavy atom. The van der Waals surface area contributed by atoms with Crippen molar-refractivity contribution in [1.82, 2.24) is 14.1 Å². The molecule has 0 fully saturated rings. The van der Waals surface area contributed by atoms with Gasteiger partial charge in [0.05, 0.1) is 24.0 Å². The van der Waals surface area contributed by atoms with Crippen LogP contribution < -0.4 is 10.1 Å². The standard InChI is InChI=1S/C13H15N3O3S/c1-9-12(16-20-15-9)8-19-11-4-2-10(3-5-11)13(18)14-6-7-17/h2-5,17H,6-8H2,1H3,(H,14,18). The third kappa shape index (κ3) is 3.75. The molecule has 2 aromatic rings.